The zero-order chi connectivity index (χ0) is 26.0. The maximum atomic E-state index is 12.9. The molecule has 10 N–H and O–H groups in total. The second kappa shape index (κ2) is 13.3. The number of nitrogens with one attached hydrogen (secondary N) is 4. The molecule has 5 atom stereocenters. The molecule has 0 saturated heterocycles. The summed E-state index contributed by atoms with van der Waals surface area (Å²) in [5, 5.41) is 25.8. The molecule has 0 fully saturated rings. The molecule has 0 aliphatic rings. The number of carboxylic acid groups (broad SMARTS) is 1. The number of aliphatic hydroxyl groups excluding tert-OH is 1. The number of H-pyrrole nitrogens is 1. The van der Waals surface area contributed by atoms with Crippen LogP contribution < -0.4 is 27.4 Å². The smallest absolute Gasteiger partial charge is 0.328 e. The highest BCUT2D eigenvalue weighted by atomic mass is 16.4. The summed E-state index contributed by atoms with van der Waals surface area (Å²) in [5.74, 6) is -4.77. The van der Waals surface area contributed by atoms with Crippen LogP contribution in [-0.2, 0) is 30.4 Å². The molecule has 0 saturated carbocycles. The lowest BCUT2D eigenvalue weighted by atomic mass is 10.0. The molecular formula is C20H33N7O7. The molecule has 0 aliphatic heterocycles. The van der Waals surface area contributed by atoms with Gasteiger partial charge in [-0.1, -0.05) is 13.8 Å². The Morgan fingerprint density at radius 3 is 2.09 bits per heavy atom. The zero-order valence-corrected chi connectivity index (χ0v) is 19.3. The number of amides is 4. The van der Waals surface area contributed by atoms with E-state index in [0.29, 0.717) is 12.1 Å². The molecule has 5 unspecified atom stereocenters. The number of aliphatic carboxylic acids is 1. The van der Waals surface area contributed by atoms with Gasteiger partial charge in [0.25, 0.3) is 0 Å². The molecule has 1 aromatic rings. The largest absolute Gasteiger partial charge is 0.480 e. The summed E-state index contributed by atoms with van der Waals surface area (Å²) >= 11 is 0. The number of carbonyl (C=O) groups excluding carboxylic acids is 4. The van der Waals surface area contributed by atoms with Crippen molar-refractivity contribution in [2.24, 2.45) is 17.4 Å². The van der Waals surface area contributed by atoms with E-state index in [-0.39, 0.29) is 12.3 Å². The lowest BCUT2D eigenvalue weighted by Gasteiger charge is -2.25. The highest BCUT2D eigenvalue weighted by Gasteiger charge is 2.32. The third kappa shape index (κ3) is 9.54. The number of nitrogens with zero attached hydrogens (tertiary/aromatic N) is 1. The predicted octanol–water partition coefficient (Wildman–Crippen LogP) is -2.88. The Labute approximate surface area is 196 Å². The number of primary amides is 1. The van der Waals surface area contributed by atoms with Gasteiger partial charge in [-0.15, -0.1) is 0 Å². The monoisotopic (exact) mass is 483 g/mol. The van der Waals surface area contributed by atoms with Crippen LogP contribution in [0.3, 0.4) is 0 Å². The van der Waals surface area contributed by atoms with Crippen molar-refractivity contribution in [2.75, 3.05) is 0 Å². The Hall–Kier alpha value is -3.52. The average molecular weight is 484 g/mol. The lowest BCUT2D eigenvalue weighted by Crippen LogP contribution is -2.59. The van der Waals surface area contributed by atoms with E-state index < -0.39 is 66.3 Å². The zero-order valence-electron chi connectivity index (χ0n) is 19.3. The first-order valence-corrected chi connectivity index (χ1v) is 10.6. The van der Waals surface area contributed by atoms with Crippen LogP contribution in [0.1, 0.15) is 39.3 Å². The van der Waals surface area contributed by atoms with E-state index in [1.807, 2.05) is 13.8 Å². The fourth-order valence-corrected chi connectivity index (χ4v) is 3.04. The van der Waals surface area contributed by atoms with Crippen molar-refractivity contribution in [3.8, 4) is 0 Å². The van der Waals surface area contributed by atoms with Crippen molar-refractivity contribution >= 4 is 29.6 Å². The molecule has 0 spiro atoms. The third-order valence-electron chi connectivity index (χ3n) is 4.76. The van der Waals surface area contributed by atoms with E-state index in [0.717, 1.165) is 0 Å². The van der Waals surface area contributed by atoms with E-state index in [9.17, 15) is 34.2 Å². The Bertz CT molecular complexity index is 857. The molecule has 0 aromatic carbocycles. The molecule has 4 amide bonds. The van der Waals surface area contributed by atoms with Crippen LogP contribution >= 0.6 is 0 Å². The molecule has 0 bridgehead atoms. The van der Waals surface area contributed by atoms with Gasteiger partial charge in [-0.3, -0.25) is 19.2 Å². The highest BCUT2D eigenvalue weighted by molar-refractivity contribution is 5.96. The van der Waals surface area contributed by atoms with Crippen LogP contribution in [0.15, 0.2) is 12.5 Å². The lowest BCUT2D eigenvalue weighted by molar-refractivity contribution is -0.145. The quantitative estimate of drug-likeness (QED) is 0.135. The third-order valence-corrected chi connectivity index (χ3v) is 4.76. The summed E-state index contributed by atoms with van der Waals surface area (Å²) in [6.45, 7) is 4.90. The van der Waals surface area contributed by atoms with E-state index >= 15 is 0 Å². The molecule has 190 valence electrons. The first-order chi connectivity index (χ1) is 15.8. The van der Waals surface area contributed by atoms with Gasteiger partial charge in [-0.2, -0.15) is 0 Å². The van der Waals surface area contributed by atoms with Crippen molar-refractivity contribution < 1.29 is 34.2 Å². The van der Waals surface area contributed by atoms with Crippen molar-refractivity contribution in [1.29, 1.82) is 0 Å². The summed E-state index contributed by atoms with van der Waals surface area (Å²) in [4.78, 5) is 67.5. The topological polar surface area (TPSA) is 243 Å². The SMILES string of the molecule is CC(C)CC(N)C(=O)NC(CC(N)=O)C(=O)NC(Cc1cnc[nH]1)C(=O)NC(C(=O)O)C(C)O. The second-order valence-corrected chi connectivity index (χ2v) is 8.37. The number of imidazole rings is 1. The van der Waals surface area contributed by atoms with Gasteiger partial charge in [0.05, 0.1) is 24.9 Å². The van der Waals surface area contributed by atoms with Gasteiger partial charge in [-0.25, -0.2) is 9.78 Å². The van der Waals surface area contributed by atoms with Crippen molar-refractivity contribution in [1.82, 2.24) is 25.9 Å². The van der Waals surface area contributed by atoms with Crippen LogP contribution in [0.25, 0.3) is 0 Å². The molecular weight excluding hydrogens is 450 g/mol. The Morgan fingerprint density at radius 2 is 1.62 bits per heavy atom. The molecule has 0 radical (unpaired) electrons. The summed E-state index contributed by atoms with van der Waals surface area (Å²) in [5.41, 5.74) is 11.5. The standard InChI is InChI=1S/C20H33N7O7/c1-9(2)4-12(21)17(30)25-14(6-15(22)29)18(31)26-13(5-11-7-23-8-24-11)19(32)27-16(10(3)28)20(33)34/h7-10,12-14,16,28H,4-6,21H2,1-3H3,(H2,22,29)(H,23,24)(H,25,30)(H,26,31)(H,27,32)(H,33,34). The number of hydrogen-bond donors (Lipinski definition) is 8. The number of nitrogens with two attached hydrogens (primary N) is 2. The van der Waals surface area contributed by atoms with Crippen LogP contribution in [0.4, 0.5) is 0 Å². The summed E-state index contributed by atoms with van der Waals surface area (Å²) in [6.07, 6.45) is 0.952. The fourth-order valence-electron chi connectivity index (χ4n) is 3.04. The number of aromatic amines is 1. The number of carboxylic acids is 1. The summed E-state index contributed by atoms with van der Waals surface area (Å²) < 4.78 is 0. The van der Waals surface area contributed by atoms with Crippen molar-refractivity contribution in [2.45, 2.75) is 70.3 Å². The molecule has 1 aromatic heterocycles. The normalized spacial score (nSPS) is 15.5. The van der Waals surface area contributed by atoms with Gasteiger partial charge in [0, 0.05) is 18.3 Å². The second-order valence-electron chi connectivity index (χ2n) is 8.37. The molecule has 1 rings (SSSR count). The number of carbonyl (C=O) groups is 5. The van der Waals surface area contributed by atoms with E-state index in [1.54, 1.807) is 0 Å². The maximum absolute atomic E-state index is 12.9. The molecule has 14 nitrogen and oxygen atoms in total. The van der Waals surface area contributed by atoms with Gasteiger partial charge in [0.15, 0.2) is 6.04 Å². The van der Waals surface area contributed by atoms with E-state index in [1.165, 1.54) is 19.4 Å². The van der Waals surface area contributed by atoms with E-state index in [4.69, 9.17) is 11.5 Å². The van der Waals surface area contributed by atoms with Gasteiger partial charge in [0.2, 0.25) is 23.6 Å². The highest BCUT2D eigenvalue weighted by Crippen LogP contribution is 2.06. The first-order valence-electron chi connectivity index (χ1n) is 10.6. The predicted molar refractivity (Wildman–Crippen MR) is 119 cm³/mol. The minimum Gasteiger partial charge on any atom is -0.480 e. The first kappa shape index (κ1) is 28.5. The van der Waals surface area contributed by atoms with Crippen LogP contribution in [0, 0.1) is 5.92 Å². The molecule has 1 heterocycles. The van der Waals surface area contributed by atoms with Crippen LogP contribution in [-0.4, -0.2) is 80.1 Å². The van der Waals surface area contributed by atoms with E-state index in [2.05, 4.69) is 25.9 Å². The maximum Gasteiger partial charge on any atom is 0.328 e. The van der Waals surface area contributed by atoms with Crippen LogP contribution in [0.5, 0.6) is 0 Å². The number of aliphatic hydroxyl groups is 1. The van der Waals surface area contributed by atoms with Gasteiger partial charge < -0.3 is 42.6 Å². The Balaban J connectivity index is 3.07. The van der Waals surface area contributed by atoms with Crippen molar-refractivity contribution in [3.63, 3.8) is 0 Å². The van der Waals surface area contributed by atoms with Crippen molar-refractivity contribution in [3.05, 3.63) is 18.2 Å². The van der Waals surface area contributed by atoms with Crippen LogP contribution in [0.2, 0.25) is 0 Å². The number of aromatic nitrogens is 2. The molecule has 34 heavy (non-hydrogen) atoms. The number of rotatable bonds is 14. The number of hydrogen-bond acceptors (Lipinski definition) is 8. The fraction of sp³-hybridized carbons (Fsp3) is 0.600. The van der Waals surface area contributed by atoms with Gasteiger partial charge in [-0.05, 0) is 19.3 Å². The minimum absolute atomic E-state index is 0.0998. The Kier molecular flexibility index (Phi) is 11.1. The Morgan fingerprint density at radius 1 is 1.03 bits per heavy atom. The molecule has 14 heteroatoms. The summed E-state index contributed by atoms with van der Waals surface area (Å²) in [7, 11) is 0. The average Bonchev–Trinajstić information content (AvgIpc) is 3.22. The summed E-state index contributed by atoms with van der Waals surface area (Å²) in [6, 6.07) is -5.34. The molecule has 0 aliphatic carbocycles. The van der Waals surface area contributed by atoms with Gasteiger partial charge >= 0.3 is 5.97 Å². The van der Waals surface area contributed by atoms with Gasteiger partial charge in [0.1, 0.15) is 12.1 Å². The minimum atomic E-state index is -1.64.